The third kappa shape index (κ3) is 3.07. The van der Waals surface area contributed by atoms with Gasteiger partial charge in [-0.05, 0) is 32.4 Å². The van der Waals surface area contributed by atoms with Crippen molar-refractivity contribution in [2.75, 3.05) is 13.1 Å². The van der Waals surface area contributed by atoms with Gasteiger partial charge in [0.2, 0.25) is 5.28 Å². The van der Waals surface area contributed by atoms with Crippen LogP contribution in [0.25, 0.3) is 0 Å². The summed E-state index contributed by atoms with van der Waals surface area (Å²) >= 11 is 5.91. The number of aliphatic hydroxyl groups is 1. The first-order valence-electron chi connectivity index (χ1n) is 6.52. The minimum absolute atomic E-state index is 0.201. The molecule has 2 heterocycles. The van der Waals surface area contributed by atoms with Crippen LogP contribution in [0.4, 0.5) is 4.79 Å². The fourth-order valence-corrected chi connectivity index (χ4v) is 2.44. The number of rotatable bonds is 1. The van der Waals surface area contributed by atoms with Crippen molar-refractivity contribution >= 4 is 17.7 Å². The van der Waals surface area contributed by atoms with Gasteiger partial charge in [-0.3, -0.25) is 0 Å². The highest BCUT2D eigenvalue weighted by molar-refractivity contribution is 6.28. The molecule has 1 aliphatic rings. The van der Waals surface area contributed by atoms with Crippen molar-refractivity contribution in [1.82, 2.24) is 14.5 Å². The van der Waals surface area contributed by atoms with Gasteiger partial charge in [-0.25, -0.2) is 9.78 Å². The van der Waals surface area contributed by atoms with Crippen molar-refractivity contribution in [3.63, 3.8) is 0 Å². The molecule has 112 valence electrons. The average Bonchev–Trinajstić information content (AvgIpc) is 2.82. The molecule has 1 saturated heterocycles. The highest BCUT2D eigenvalue weighted by Gasteiger charge is 2.38. The lowest BCUT2D eigenvalue weighted by atomic mass is 10.0. The fraction of sp³-hybridized carbons (Fsp3) is 0.692. The van der Waals surface area contributed by atoms with Crippen LogP contribution in [0.3, 0.4) is 0 Å². The first kappa shape index (κ1) is 15.1. The summed E-state index contributed by atoms with van der Waals surface area (Å²) in [6.07, 6.45) is 0.579. The second kappa shape index (κ2) is 5.26. The van der Waals surface area contributed by atoms with E-state index in [2.05, 4.69) is 4.98 Å². The van der Waals surface area contributed by atoms with Gasteiger partial charge >= 0.3 is 6.09 Å². The molecule has 0 spiro atoms. The maximum absolute atomic E-state index is 12.0. The summed E-state index contributed by atoms with van der Waals surface area (Å²) in [5, 5.41) is 10.5. The summed E-state index contributed by atoms with van der Waals surface area (Å²) in [5.74, 6) is -0.201. The van der Waals surface area contributed by atoms with E-state index in [0.29, 0.717) is 11.8 Å². The zero-order chi connectivity index (χ0) is 15.1. The number of nitrogens with zero attached hydrogens (tertiary/aromatic N) is 3. The van der Waals surface area contributed by atoms with Gasteiger partial charge < -0.3 is 19.3 Å². The van der Waals surface area contributed by atoms with Gasteiger partial charge in [0.05, 0.1) is 18.8 Å². The molecule has 1 aromatic rings. The topological polar surface area (TPSA) is 67.6 Å². The van der Waals surface area contributed by atoms with E-state index < -0.39 is 17.8 Å². The second-order valence-corrected chi connectivity index (χ2v) is 6.41. The molecule has 1 fully saturated rings. The first-order valence-corrected chi connectivity index (χ1v) is 6.90. The predicted octanol–water partition coefficient (Wildman–Crippen LogP) is 1.77. The Morgan fingerprint density at radius 1 is 1.50 bits per heavy atom. The number of halogens is 1. The molecule has 2 atom stereocenters. The third-order valence-corrected chi connectivity index (χ3v) is 3.64. The minimum atomic E-state index is -0.644. The summed E-state index contributed by atoms with van der Waals surface area (Å²) in [6.45, 7) is 6.09. The van der Waals surface area contributed by atoms with E-state index in [-0.39, 0.29) is 12.5 Å². The second-order valence-electron chi connectivity index (χ2n) is 6.07. The lowest BCUT2D eigenvalue weighted by molar-refractivity contribution is 0.0270. The highest BCUT2D eigenvalue weighted by atomic mass is 35.5. The Labute approximate surface area is 123 Å². The van der Waals surface area contributed by atoms with Crippen LogP contribution in [0.2, 0.25) is 5.28 Å². The van der Waals surface area contributed by atoms with E-state index in [1.165, 1.54) is 4.90 Å². The van der Waals surface area contributed by atoms with Gasteiger partial charge in [0.25, 0.3) is 0 Å². The zero-order valence-corrected chi connectivity index (χ0v) is 12.9. The number of hydrogen-bond acceptors (Lipinski definition) is 4. The van der Waals surface area contributed by atoms with Crippen LogP contribution in [-0.2, 0) is 11.8 Å². The fourth-order valence-electron chi connectivity index (χ4n) is 2.30. The third-order valence-electron chi connectivity index (χ3n) is 3.29. The molecular formula is C13H20ClN3O3. The molecule has 1 aliphatic heterocycles. The van der Waals surface area contributed by atoms with E-state index in [4.69, 9.17) is 16.3 Å². The lowest BCUT2D eigenvalue weighted by Crippen LogP contribution is -2.35. The van der Waals surface area contributed by atoms with Crippen molar-refractivity contribution in [2.45, 2.75) is 38.4 Å². The van der Waals surface area contributed by atoms with Gasteiger partial charge in [-0.2, -0.15) is 0 Å². The molecule has 0 saturated carbocycles. The van der Waals surface area contributed by atoms with Crippen LogP contribution in [0.1, 0.15) is 32.4 Å². The number of carbonyl (C=O) groups excluding carboxylic acids is 1. The SMILES string of the molecule is Cn1c([C@@H]2CN(C(=O)OC(C)(C)C)C[C@H]2O)cnc1Cl. The molecule has 1 N–H and O–H groups in total. The molecule has 0 bridgehead atoms. The maximum Gasteiger partial charge on any atom is 0.410 e. The van der Waals surface area contributed by atoms with Crippen LogP contribution in [-0.4, -0.2) is 50.4 Å². The largest absolute Gasteiger partial charge is 0.444 e. The van der Waals surface area contributed by atoms with E-state index in [0.717, 1.165) is 5.69 Å². The molecule has 20 heavy (non-hydrogen) atoms. The number of hydrogen-bond donors (Lipinski definition) is 1. The molecule has 0 aliphatic carbocycles. The first-order chi connectivity index (χ1) is 9.19. The number of ether oxygens (including phenoxy) is 1. The standard InChI is InChI=1S/C13H20ClN3O3/c1-13(2,3)20-12(19)17-6-8(10(18)7-17)9-5-15-11(14)16(9)4/h5,8,10,18H,6-7H2,1-4H3/t8-,10+/m0/s1. The molecule has 0 radical (unpaired) electrons. The number of likely N-dealkylation sites (tertiary alicyclic amines) is 1. The minimum Gasteiger partial charge on any atom is -0.444 e. The molecule has 1 aromatic heterocycles. The number of aromatic nitrogens is 2. The van der Waals surface area contributed by atoms with Gasteiger partial charge in [0, 0.05) is 25.2 Å². The monoisotopic (exact) mass is 301 g/mol. The summed E-state index contributed by atoms with van der Waals surface area (Å²) in [5.41, 5.74) is 0.268. The van der Waals surface area contributed by atoms with Gasteiger partial charge in [0.1, 0.15) is 5.60 Å². The average molecular weight is 302 g/mol. The zero-order valence-electron chi connectivity index (χ0n) is 12.1. The summed E-state index contributed by atoms with van der Waals surface area (Å²) in [7, 11) is 1.79. The van der Waals surface area contributed by atoms with Crippen molar-refractivity contribution in [1.29, 1.82) is 0 Å². The Bertz CT molecular complexity index is 509. The normalized spacial score (nSPS) is 23.2. The Kier molecular flexibility index (Phi) is 3.97. The molecule has 1 amide bonds. The molecule has 0 aromatic carbocycles. The number of aliphatic hydroxyl groups excluding tert-OH is 1. The van der Waals surface area contributed by atoms with Crippen LogP contribution in [0.15, 0.2) is 6.20 Å². The van der Waals surface area contributed by atoms with Crippen LogP contribution in [0, 0.1) is 0 Å². The lowest BCUT2D eigenvalue weighted by Gasteiger charge is -2.24. The van der Waals surface area contributed by atoms with Crippen LogP contribution >= 0.6 is 11.6 Å². The van der Waals surface area contributed by atoms with Gasteiger partial charge in [-0.1, -0.05) is 0 Å². The van der Waals surface area contributed by atoms with Crippen molar-refractivity contribution in [2.24, 2.45) is 7.05 Å². The van der Waals surface area contributed by atoms with Crippen LogP contribution in [0.5, 0.6) is 0 Å². The van der Waals surface area contributed by atoms with Gasteiger partial charge in [-0.15, -0.1) is 0 Å². The van der Waals surface area contributed by atoms with E-state index in [1.54, 1.807) is 17.8 Å². The molecular weight excluding hydrogens is 282 g/mol. The summed E-state index contributed by atoms with van der Waals surface area (Å²) < 4.78 is 7.03. The quantitative estimate of drug-likeness (QED) is 0.858. The molecule has 2 rings (SSSR count). The Morgan fingerprint density at radius 2 is 2.15 bits per heavy atom. The number of β-amino-alcohol motifs (C(OH)–C–C–N with tert-alkyl or cyclic N) is 1. The maximum atomic E-state index is 12.0. The Hall–Kier alpha value is -1.27. The number of carbonyl (C=O) groups is 1. The van der Waals surface area contributed by atoms with Crippen molar-refractivity contribution in [3.8, 4) is 0 Å². The van der Waals surface area contributed by atoms with Crippen molar-refractivity contribution < 1.29 is 14.6 Å². The number of imidazole rings is 1. The van der Waals surface area contributed by atoms with E-state index in [9.17, 15) is 9.90 Å². The number of amides is 1. The molecule has 6 nitrogen and oxygen atoms in total. The molecule has 7 heteroatoms. The Morgan fingerprint density at radius 3 is 2.65 bits per heavy atom. The van der Waals surface area contributed by atoms with Crippen molar-refractivity contribution in [3.05, 3.63) is 17.2 Å². The molecule has 0 unspecified atom stereocenters. The summed E-state index contributed by atoms with van der Waals surface area (Å²) in [6, 6.07) is 0. The highest BCUT2D eigenvalue weighted by Crippen LogP contribution is 2.29. The predicted molar refractivity (Wildman–Crippen MR) is 74.8 cm³/mol. The van der Waals surface area contributed by atoms with E-state index >= 15 is 0 Å². The van der Waals surface area contributed by atoms with Gasteiger partial charge in [0.15, 0.2) is 0 Å². The Balaban J connectivity index is 2.09. The smallest absolute Gasteiger partial charge is 0.410 e. The van der Waals surface area contributed by atoms with Crippen LogP contribution < -0.4 is 0 Å². The summed E-state index contributed by atoms with van der Waals surface area (Å²) in [4.78, 5) is 17.5. The van der Waals surface area contributed by atoms with E-state index in [1.807, 2.05) is 20.8 Å².